The Kier molecular flexibility index (Phi) is 8.62. The van der Waals surface area contributed by atoms with Crippen molar-refractivity contribution >= 4 is 16.0 Å². The highest BCUT2D eigenvalue weighted by Gasteiger charge is 2.27. The predicted octanol–water partition coefficient (Wildman–Crippen LogP) is 2.01. The molecule has 2 saturated heterocycles. The minimum atomic E-state index is -3.05. The molecule has 168 valence electrons. The fourth-order valence-electron chi connectivity index (χ4n) is 5.01. The molecule has 0 radical (unpaired) electrons. The van der Waals surface area contributed by atoms with Crippen LogP contribution in [0.1, 0.15) is 64.7 Å². The van der Waals surface area contributed by atoms with E-state index in [2.05, 4.69) is 22.5 Å². The molecule has 0 amide bonds. The number of hydrogen-bond acceptors (Lipinski definition) is 4. The summed E-state index contributed by atoms with van der Waals surface area (Å²) in [5.74, 6) is 1.39. The van der Waals surface area contributed by atoms with Crippen LogP contribution in [0.3, 0.4) is 0 Å². The van der Waals surface area contributed by atoms with Crippen molar-refractivity contribution in [2.24, 2.45) is 10.9 Å². The first-order valence-corrected chi connectivity index (χ1v) is 13.5. The fraction of sp³-hybridized carbons (Fsp3) is 0.952. The molecule has 29 heavy (non-hydrogen) atoms. The minimum Gasteiger partial charge on any atom is -0.357 e. The third kappa shape index (κ3) is 7.10. The van der Waals surface area contributed by atoms with Crippen molar-refractivity contribution in [3.05, 3.63) is 0 Å². The monoisotopic (exact) mass is 427 g/mol. The number of sulfonamides is 1. The molecule has 3 rings (SSSR count). The summed E-state index contributed by atoms with van der Waals surface area (Å²) in [6.07, 6.45) is 12.5. The maximum absolute atomic E-state index is 11.7. The summed E-state index contributed by atoms with van der Waals surface area (Å²) in [6.45, 7) is 7.39. The van der Waals surface area contributed by atoms with Crippen LogP contribution in [0.15, 0.2) is 4.99 Å². The second kappa shape index (κ2) is 11.0. The lowest BCUT2D eigenvalue weighted by atomic mass is 9.92. The molecule has 1 aliphatic carbocycles. The maximum Gasteiger partial charge on any atom is 0.211 e. The van der Waals surface area contributed by atoms with Crippen molar-refractivity contribution in [3.63, 3.8) is 0 Å². The molecule has 0 atom stereocenters. The van der Waals surface area contributed by atoms with E-state index < -0.39 is 10.0 Å². The van der Waals surface area contributed by atoms with Gasteiger partial charge in [0.1, 0.15) is 0 Å². The van der Waals surface area contributed by atoms with E-state index in [4.69, 9.17) is 4.99 Å². The molecule has 0 aromatic carbocycles. The molecular formula is C21H41N5O2S. The molecule has 0 unspecified atom stereocenters. The Labute approximate surface area is 177 Å². The summed E-state index contributed by atoms with van der Waals surface area (Å²) >= 11 is 0. The van der Waals surface area contributed by atoms with Gasteiger partial charge in [-0.2, -0.15) is 0 Å². The van der Waals surface area contributed by atoms with E-state index in [-0.39, 0.29) is 0 Å². The lowest BCUT2D eigenvalue weighted by Crippen LogP contribution is -2.51. The molecule has 8 heteroatoms. The van der Waals surface area contributed by atoms with Crippen LogP contribution in [-0.2, 0) is 10.0 Å². The predicted molar refractivity (Wildman–Crippen MR) is 120 cm³/mol. The van der Waals surface area contributed by atoms with Gasteiger partial charge in [0.25, 0.3) is 0 Å². The number of aliphatic imine (C=N–C) groups is 1. The van der Waals surface area contributed by atoms with Crippen LogP contribution in [0.4, 0.5) is 0 Å². The number of likely N-dealkylation sites (tertiary alicyclic amines) is 1. The molecule has 2 N–H and O–H groups in total. The van der Waals surface area contributed by atoms with Crippen LogP contribution in [-0.4, -0.2) is 81.2 Å². The van der Waals surface area contributed by atoms with E-state index in [1.54, 1.807) is 4.31 Å². The van der Waals surface area contributed by atoms with E-state index in [9.17, 15) is 8.42 Å². The molecular weight excluding hydrogens is 386 g/mol. The van der Waals surface area contributed by atoms with Gasteiger partial charge >= 0.3 is 0 Å². The van der Waals surface area contributed by atoms with E-state index in [0.29, 0.717) is 25.0 Å². The molecule has 1 saturated carbocycles. The molecule has 3 fully saturated rings. The number of hydrogen-bond donors (Lipinski definition) is 2. The van der Waals surface area contributed by atoms with Gasteiger partial charge in [0, 0.05) is 51.4 Å². The van der Waals surface area contributed by atoms with Gasteiger partial charge in [-0.15, -0.1) is 0 Å². The Bertz CT molecular complexity index is 617. The summed E-state index contributed by atoms with van der Waals surface area (Å²) in [5.41, 5.74) is 0. The van der Waals surface area contributed by atoms with E-state index in [1.807, 2.05) is 0 Å². The van der Waals surface area contributed by atoms with Gasteiger partial charge in [0.05, 0.1) is 6.26 Å². The molecule has 3 aliphatic rings. The summed E-state index contributed by atoms with van der Waals surface area (Å²) in [6, 6.07) is 1.32. The number of nitrogens with one attached hydrogen (secondary N) is 2. The Hall–Kier alpha value is -0.860. The molecule has 0 spiro atoms. The third-order valence-corrected chi connectivity index (χ3v) is 8.16. The SMILES string of the molecule is CCNC(=NCC1CCN(S(C)(=O)=O)CC1)NC1CCN(C2CCCCC2)CC1. The third-order valence-electron chi connectivity index (χ3n) is 6.86. The summed E-state index contributed by atoms with van der Waals surface area (Å²) < 4.78 is 24.9. The van der Waals surface area contributed by atoms with E-state index in [1.165, 1.54) is 64.3 Å². The quantitative estimate of drug-likeness (QED) is 0.501. The molecule has 0 aromatic rings. The number of piperidine rings is 2. The molecule has 0 bridgehead atoms. The van der Waals surface area contributed by atoms with Gasteiger partial charge in [-0.05, 0) is 51.4 Å². The Morgan fingerprint density at radius 1 is 0.966 bits per heavy atom. The van der Waals surface area contributed by atoms with Gasteiger partial charge in [-0.1, -0.05) is 19.3 Å². The van der Waals surface area contributed by atoms with E-state index >= 15 is 0 Å². The van der Waals surface area contributed by atoms with Crippen LogP contribution >= 0.6 is 0 Å². The van der Waals surface area contributed by atoms with Crippen LogP contribution < -0.4 is 10.6 Å². The van der Waals surface area contributed by atoms with Crippen molar-refractivity contribution in [1.82, 2.24) is 19.8 Å². The second-order valence-electron chi connectivity index (χ2n) is 9.07. The zero-order valence-corrected chi connectivity index (χ0v) is 19.2. The summed E-state index contributed by atoms with van der Waals surface area (Å²) in [5, 5.41) is 7.05. The minimum absolute atomic E-state index is 0.469. The first-order valence-electron chi connectivity index (χ1n) is 11.7. The van der Waals surface area contributed by atoms with Crippen LogP contribution in [0.5, 0.6) is 0 Å². The van der Waals surface area contributed by atoms with E-state index in [0.717, 1.165) is 37.9 Å². The van der Waals surface area contributed by atoms with Gasteiger partial charge in [0.2, 0.25) is 10.0 Å². The van der Waals surface area contributed by atoms with Crippen molar-refractivity contribution in [1.29, 1.82) is 0 Å². The normalized spacial score (nSPS) is 25.2. The van der Waals surface area contributed by atoms with Crippen molar-refractivity contribution in [2.75, 3.05) is 45.5 Å². The summed E-state index contributed by atoms with van der Waals surface area (Å²) in [7, 11) is -3.05. The van der Waals surface area contributed by atoms with Crippen molar-refractivity contribution in [2.45, 2.75) is 76.8 Å². The first kappa shape index (κ1) is 22.8. The smallest absolute Gasteiger partial charge is 0.211 e. The highest BCUT2D eigenvalue weighted by Crippen LogP contribution is 2.25. The summed E-state index contributed by atoms with van der Waals surface area (Å²) in [4.78, 5) is 7.56. The highest BCUT2D eigenvalue weighted by atomic mass is 32.2. The van der Waals surface area contributed by atoms with Gasteiger partial charge in [-0.3, -0.25) is 4.99 Å². The lowest BCUT2D eigenvalue weighted by Gasteiger charge is -2.39. The largest absolute Gasteiger partial charge is 0.357 e. The topological polar surface area (TPSA) is 77.0 Å². The number of rotatable bonds is 6. The first-order chi connectivity index (χ1) is 14.0. The van der Waals surface area contributed by atoms with Crippen LogP contribution in [0, 0.1) is 5.92 Å². The van der Waals surface area contributed by atoms with Crippen molar-refractivity contribution in [3.8, 4) is 0 Å². The maximum atomic E-state index is 11.7. The average Bonchev–Trinajstić information content (AvgIpc) is 2.73. The van der Waals surface area contributed by atoms with Gasteiger partial charge in [0.15, 0.2) is 5.96 Å². The highest BCUT2D eigenvalue weighted by molar-refractivity contribution is 7.88. The zero-order valence-electron chi connectivity index (χ0n) is 18.4. The number of guanidine groups is 1. The number of nitrogens with zero attached hydrogens (tertiary/aromatic N) is 3. The average molecular weight is 428 g/mol. The fourth-order valence-corrected chi connectivity index (χ4v) is 5.89. The Balaban J connectivity index is 1.43. The lowest BCUT2D eigenvalue weighted by molar-refractivity contribution is 0.119. The second-order valence-corrected chi connectivity index (χ2v) is 11.1. The van der Waals surface area contributed by atoms with Gasteiger partial charge in [-0.25, -0.2) is 12.7 Å². The molecule has 2 heterocycles. The van der Waals surface area contributed by atoms with Gasteiger partial charge < -0.3 is 15.5 Å². The Morgan fingerprint density at radius 3 is 2.21 bits per heavy atom. The standard InChI is InChI=1S/C21H41N5O2S/c1-3-22-21(23-17-18-9-15-26(16-10-18)29(2,27)28)24-19-11-13-25(14-12-19)20-7-5-4-6-8-20/h18-20H,3-17H2,1-2H3,(H2,22,23,24). The zero-order chi connectivity index (χ0) is 20.7. The van der Waals surface area contributed by atoms with Crippen molar-refractivity contribution < 1.29 is 8.42 Å². The molecule has 7 nitrogen and oxygen atoms in total. The van der Waals surface area contributed by atoms with Crippen LogP contribution in [0.2, 0.25) is 0 Å². The molecule has 0 aromatic heterocycles. The molecule has 2 aliphatic heterocycles. The van der Waals surface area contributed by atoms with Crippen LogP contribution in [0.25, 0.3) is 0 Å². The Morgan fingerprint density at radius 2 is 1.62 bits per heavy atom.